The van der Waals surface area contributed by atoms with Crippen molar-refractivity contribution in [3.05, 3.63) is 31.4 Å². The molecule has 1 amide bonds. The van der Waals surface area contributed by atoms with Gasteiger partial charge in [0.15, 0.2) is 5.15 Å². The fourth-order valence-corrected chi connectivity index (χ4v) is 2.51. The summed E-state index contributed by atoms with van der Waals surface area (Å²) in [6, 6.07) is 1.59. The summed E-state index contributed by atoms with van der Waals surface area (Å²) in [4.78, 5) is 15.7. The normalized spacial score (nSPS) is 10.4. The molecule has 2 heterocycles. The van der Waals surface area contributed by atoms with Crippen molar-refractivity contribution in [3.63, 3.8) is 0 Å². The molecule has 2 aromatic rings. The first-order valence-electron chi connectivity index (χ1n) is 4.60. The third-order valence-corrected chi connectivity index (χ3v) is 3.46. The van der Waals surface area contributed by atoms with Crippen LogP contribution >= 0.6 is 46.1 Å². The number of pyridine rings is 1. The smallest absolute Gasteiger partial charge is 0.286 e. The molecule has 0 radical (unpaired) electrons. The van der Waals surface area contributed by atoms with Crippen molar-refractivity contribution in [2.45, 2.75) is 6.92 Å². The highest BCUT2D eigenvalue weighted by Gasteiger charge is 2.16. The van der Waals surface area contributed by atoms with Crippen molar-refractivity contribution in [1.29, 1.82) is 0 Å². The lowest BCUT2D eigenvalue weighted by molar-refractivity contribution is 0.102. The number of anilines is 1. The molecule has 0 bridgehead atoms. The van der Waals surface area contributed by atoms with Crippen molar-refractivity contribution in [2.24, 2.45) is 0 Å². The molecule has 2 aromatic heterocycles. The van der Waals surface area contributed by atoms with Crippen LogP contribution in [-0.2, 0) is 0 Å². The third-order valence-electron chi connectivity index (χ3n) is 1.97. The van der Waals surface area contributed by atoms with Gasteiger partial charge in [0.2, 0.25) is 9.47 Å². The van der Waals surface area contributed by atoms with Crippen LogP contribution in [0.1, 0.15) is 15.4 Å². The molecule has 18 heavy (non-hydrogen) atoms. The van der Waals surface area contributed by atoms with Crippen LogP contribution in [-0.4, -0.2) is 21.1 Å². The van der Waals surface area contributed by atoms with E-state index < -0.39 is 5.91 Å². The monoisotopic (exact) mass is 322 g/mol. The van der Waals surface area contributed by atoms with Gasteiger partial charge in [0.1, 0.15) is 5.15 Å². The minimum atomic E-state index is -0.450. The number of hydrogen-bond acceptors (Lipinski definition) is 5. The second-order valence-corrected chi connectivity index (χ2v) is 5.55. The Morgan fingerprint density at radius 1 is 1.33 bits per heavy atom. The van der Waals surface area contributed by atoms with Crippen LogP contribution in [0.5, 0.6) is 0 Å². The minimum Gasteiger partial charge on any atom is -0.317 e. The second-order valence-electron chi connectivity index (χ2n) is 3.24. The number of aromatic nitrogens is 3. The molecule has 0 unspecified atom stereocenters. The highest BCUT2D eigenvalue weighted by Crippen LogP contribution is 2.27. The summed E-state index contributed by atoms with van der Waals surface area (Å²) >= 11 is 18.2. The van der Waals surface area contributed by atoms with E-state index in [9.17, 15) is 4.79 Å². The predicted molar refractivity (Wildman–Crippen MR) is 71.9 cm³/mol. The Labute approximate surface area is 121 Å². The van der Waals surface area contributed by atoms with Crippen LogP contribution in [0.15, 0.2) is 6.07 Å². The first-order valence-corrected chi connectivity index (χ1v) is 6.55. The van der Waals surface area contributed by atoms with E-state index in [1.54, 1.807) is 13.0 Å². The fraction of sp³-hybridized carbons (Fsp3) is 0.111. The Hall–Kier alpha value is -0.950. The summed E-state index contributed by atoms with van der Waals surface area (Å²) in [5, 5.41) is 10.3. The van der Waals surface area contributed by atoms with Gasteiger partial charge in [-0.05, 0) is 30.2 Å². The van der Waals surface area contributed by atoms with E-state index in [0.29, 0.717) is 11.3 Å². The number of carbonyl (C=O) groups excluding carboxylic acids is 1. The fourth-order valence-electron chi connectivity index (χ4n) is 1.21. The number of hydrogen-bond donors (Lipinski definition) is 1. The topological polar surface area (TPSA) is 67.8 Å². The summed E-state index contributed by atoms with van der Waals surface area (Å²) in [5.41, 5.74) is 1.08. The van der Waals surface area contributed by atoms with E-state index in [4.69, 9.17) is 34.8 Å². The molecule has 0 saturated carbocycles. The van der Waals surface area contributed by atoms with Crippen LogP contribution < -0.4 is 5.32 Å². The zero-order valence-corrected chi connectivity index (χ0v) is 12.0. The maximum Gasteiger partial charge on any atom is 0.286 e. The first-order chi connectivity index (χ1) is 8.47. The number of nitrogens with zero attached hydrogens (tertiary/aromatic N) is 3. The average molecular weight is 324 g/mol. The largest absolute Gasteiger partial charge is 0.317 e. The highest BCUT2D eigenvalue weighted by molar-refractivity contribution is 7.17. The molecular weight excluding hydrogens is 319 g/mol. The maximum atomic E-state index is 11.8. The molecule has 0 spiro atoms. The van der Waals surface area contributed by atoms with Crippen molar-refractivity contribution >= 4 is 57.7 Å². The number of aryl methyl sites for hydroxylation is 1. The number of amides is 1. The zero-order chi connectivity index (χ0) is 13.3. The van der Waals surface area contributed by atoms with Gasteiger partial charge in [-0.25, -0.2) is 4.98 Å². The molecule has 0 aliphatic rings. The Balaban J connectivity index is 2.27. The zero-order valence-electron chi connectivity index (χ0n) is 8.87. The van der Waals surface area contributed by atoms with Gasteiger partial charge >= 0.3 is 0 Å². The van der Waals surface area contributed by atoms with Crippen LogP contribution in [0.3, 0.4) is 0 Å². The molecule has 1 N–H and O–H groups in total. The van der Waals surface area contributed by atoms with Gasteiger partial charge in [0.25, 0.3) is 5.91 Å². The number of halogens is 3. The second kappa shape index (κ2) is 5.36. The molecule has 94 valence electrons. The molecule has 0 aliphatic heterocycles. The molecular formula is C9H5Cl3N4OS. The van der Waals surface area contributed by atoms with Gasteiger partial charge < -0.3 is 5.32 Å². The Morgan fingerprint density at radius 3 is 2.61 bits per heavy atom. The maximum absolute atomic E-state index is 11.8. The lowest BCUT2D eigenvalue weighted by atomic mass is 10.2. The van der Waals surface area contributed by atoms with Crippen LogP contribution in [0.2, 0.25) is 14.8 Å². The standard InChI is InChI=1S/C9H5Cl3N4OS/c1-3-2-4(10)13-6(11)5(3)14-7(17)8-15-16-9(12)18-8/h2H,1H3,(H,14,17). The van der Waals surface area contributed by atoms with Gasteiger partial charge in [-0.15, -0.1) is 10.2 Å². The molecule has 0 fully saturated rings. The van der Waals surface area contributed by atoms with E-state index in [2.05, 4.69) is 20.5 Å². The summed E-state index contributed by atoms with van der Waals surface area (Å²) in [7, 11) is 0. The van der Waals surface area contributed by atoms with Gasteiger partial charge in [-0.1, -0.05) is 34.5 Å². The summed E-state index contributed by atoms with van der Waals surface area (Å²) in [6.07, 6.45) is 0. The SMILES string of the molecule is Cc1cc(Cl)nc(Cl)c1NC(=O)c1nnc(Cl)s1. The predicted octanol–water partition coefficient (Wildman–Crippen LogP) is 3.45. The van der Waals surface area contributed by atoms with Gasteiger partial charge in [-0.2, -0.15) is 0 Å². The first kappa shape index (κ1) is 13.5. The van der Waals surface area contributed by atoms with Gasteiger partial charge in [0.05, 0.1) is 5.69 Å². The molecule has 0 saturated heterocycles. The Bertz CT molecular complexity index is 593. The van der Waals surface area contributed by atoms with E-state index in [-0.39, 0.29) is 19.8 Å². The summed E-state index contributed by atoms with van der Waals surface area (Å²) in [5.74, 6) is -0.450. The van der Waals surface area contributed by atoms with E-state index >= 15 is 0 Å². The third kappa shape index (κ3) is 2.89. The van der Waals surface area contributed by atoms with E-state index in [1.807, 2.05) is 0 Å². The van der Waals surface area contributed by atoms with Crippen molar-refractivity contribution < 1.29 is 4.79 Å². The van der Waals surface area contributed by atoms with Crippen molar-refractivity contribution in [3.8, 4) is 0 Å². The highest BCUT2D eigenvalue weighted by atomic mass is 35.5. The van der Waals surface area contributed by atoms with Gasteiger partial charge in [0, 0.05) is 0 Å². The number of rotatable bonds is 2. The van der Waals surface area contributed by atoms with Crippen molar-refractivity contribution in [1.82, 2.24) is 15.2 Å². The summed E-state index contributed by atoms with van der Waals surface area (Å²) < 4.78 is 0.192. The van der Waals surface area contributed by atoms with Crippen molar-refractivity contribution in [2.75, 3.05) is 5.32 Å². The molecule has 9 heteroatoms. The molecule has 0 aromatic carbocycles. The van der Waals surface area contributed by atoms with Gasteiger partial charge in [-0.3, -0.25) is 4.79 Å². The molecule has 2 rings (SSSR count). The lowest BCUT2D eigenvalue weighted by Crippen LogP contribution is -2.13. The average Bonchev–Trinajstić information content (AvgIpc) is 2.70. The van der Waals surface area contributed by atoms with Crippen LogP contribution in [0, 0.1) is 6.92 Å². The van der Waals surface area contributed by atoms with Crippen LogP contribution in [0.4, 0.5) is 5.69 Å². The van der Waals surface area contributed by atoms with E-state index in [1.165, 1.54) is 0 Å². The molecule has 0 aliphatic carbocycles. The summed E-state index contributed by atoms with van der Waals surface area (Å²) in [6.45, 7) is 1.75. The number of carbonyl (C=O) groups is 1. The number of nitrogens with one attached hydrogen (secondary N) is 1. The van der Waals surface area contributed by atoms with E-state index in [0.717, 1.165) is 11.3 Å². The van der Waals surface area contributed by atoms with Crippen LogP contribution in [0.25, 0.3) is 0 Å². The lowest BCUT2D eigenvalue weighted by Gasteiger charge is -2.08. The minimum absolute atomic E-state index is 0.115. The Morgan fingerprint density at radius 2 is 2.06 bits per heavy atom. The molecule has 0 atom stereocenters. The quantitative estimate of drug-likeness (QED) is 0.859. The molecule has 5 nitrogen and oxygen atoms in total. The Kier molecular flexibility index (Phi) is 4.01.